The molecule has 1 heterocycles. The number of hydrogen-bond acceptors (Lipinski definition) is 7. The van der Waals surface area contributed by atoms with E-state index in [-0.39, 0.29) is 5.91 Å². The molecule has 180 valence electrons. The van der Waals surface area contributed by atoms with Gasteiger partial charge < -0.3 is 18.9 Å². The lowest BCUT2D eigenvalue weighted by Crippen LogP contribution is -2.27. The molecule has 0 N–H and O–H groups in total. The standard InChI is InChI=1S/C27H26N2O6/c1-17(30)35-25-15-20(32-2)11-12-21(25)22-16-23(19-10-13-24(33-3)26(14-19)34-4)29(28-22)27(31)18-8-6-5-7-9-18/h5-15,23H,16H2,1-4H3/t23-/m1/s1. The molecule has 0 aromatic heterocycles. The average molecular weight is 475 g/mol. The van der Waals surface area contributed by atoms with Crippen molar-refractivity contribution < 1.29 is 28.5 Å². The van der Waals surface area contributed by atoms with Crippen molar-refractivity contribution in [2.75, 3.05) is 21.3 Å². The SMILES string of the molecule is COc1ccc(C2=NN(C(=O)c3ccccc3)[C@@H](c3ccc(OC)c(OC)c3)C2)c(OC(C)=O)c1. The summed E-state index contributed by atoms with van der Waals surface area (Å²) in [6.07, 6.45) is 0.397. The summed E-state index contributed by atoms with van der Waals surface area (Å²) < 4.78 is 21.6. The van der Waals surface area contributed by atoms with E-state index in [9.17, 15) is 9.59 Å². The molecule has 1 amide bonds. The summed E-state index contributed by atoms with van der Waals surface area (Å²) >= 11 is 0. The molecule has 1 atom stereocenters. The van der Waals surface area contributed by atoms with Crippen LogP contribution in [-0.2, 0) is 4.79 Å². The third-order valence-electron chi connectivity index (χ3n) is 5.68. The van der Waals surface area contributed by atoms with E-state index in [2.05, 4.69) is 0 Å². The first kappa shape index (κ1) is 23.8. The maximum atomic E-state index is 13.5. The Kier molecular flexibility index (Phi) is 7.01. The van der Waals surface area contributed by atoms with Gasteiger partial charge in [0.2, 0.25) is 0 Å². The van der Waals surface area contributed by atoms with E-state index in [1.54, 1.807) is 50.6 Å². The van der Waals surface area contributed by atoms with Gasteiger partial charge in [-0.1, -0.05) is 24.3 Å². The second kappa shape index (κ2) is 10.3. The van der Waals surface area contributed by atoms with Gasteiger partial charge in [-0.15, -0.1) is 0 Å². The fourth-order valence-corrected chi connectivity index (χ4v) is 4.00. The number of hydrazone groups is 1. The normalized spacial score (nSPS) is 14.8. The van der Waals surface area contributed by atoms with Crippen molar-refractivity contribution in [1.82, 2.24) is 5.01 Å². The van der Waals surface area contributed by atoms with Crippen LogP contribution in [0, 0.1) is 0 Å². The first-order valence-electron chi connectivity index (χ1n) is 11.0. The third kappa shape index (κ3) is 4.96. The number of methoxy groups -OCH3 is 3. The van der Waals surface area contributed by atoms with Crippen molar-refractivity contribution in [2.24, 2.45) is 5.10 Å². The lowest BCUT2D eigenvalue weighted by Gasteiger charge is -2.23. The zero-order chi connectivity index (χ0) is 24.9. The zero-order valence-corrected chi connectivity index (χ0v) is 20.0. The highest BCUT2D eigenvalue weighted by Gasteiger charge is 2.35. The van der Waals surface area contributed by atoms with Crippen LogP contribution in [0.25, 0.3) is 0 Å². The van der Waals surface area contributed by atoms with Crippen LogP contribution < -0.4 is 18.9 Å². The van der Waals surface area contributed by atoms with Crippen LogP contribution in [0.2, 0.25) is 0 Å². The molecular weight excluding hydrogens is 448 g/mol. The van der Waals surface area contributed by atoms with Crippen LogP contribution in [-0.4, -0.2) is 43.9 Å². The topological polar surface area (TPSA) is 86.7 Å². The van der Waals surface area contributed by atoms with Gasteiger partial charge in [-0.05, 0) is 42.0 Å². The molecule has 0 fully saturated rings. The monoisotopic (exact) mass is 474 g/mol. The Bertz CT molecular complexity index is 1270. The summed E-state index contributed by atoms with van der Waals surface area (Å²) in [4.78, 5) is 25.3. The van der Waals surface area contributed by atoms with Crippen LogP contribution in [0.4, 0.5) is 0 Å². The van der Waals surface area contributed by atoms with Crippen LogP contribution in [0.3, 0.4) is 0 Å². The van der Waals surface area contributed by atoms with E-state index in [1.165, 1.54) is 19.0 Å². The average Bonchev–Trinajstić information content (AvgIpc) is 3.33. The Morgan fingerprint density at radius 1 is 0.857 bits per heavy atom. The predicted molar refractivity (Wildman–Crippen MR) is 130 cm³/mol. The first-order chi connectivity index (χ1) is 16.9. The summed E-state index contributed by atoms with van der Waals surface area (Å²) in [7, 11) is 4.67. The molecule has 0 bridgehead atoms. The third-order valence-corrected chi connectivity index (χ3v) is 5.68. The number of benzene rings is 3. The van der Waals surface area contributed by atoms with Crippen molar-refractivity contribution >= 4 is 17.6 Å². The number of esters is 1. The van der Waals surface area contributed by atoms with E-state index >= 15 is 0 Å². The van der Waals surface area contributed by atoms with Gasteiger partial charge in [0.15, 0.2) is 11.5 Å². The van der Waals surface area contributed by atoms with E-state index in [4.69, 9.17) is 24.0 Å². The minimum Gasteiger partial charge on any atom is -0.497 e. The highest BCUT2D eigenvalue weighted by Crippen LogP contribution is 2.39. The highest BCUT2D eigenvalue weighted by molar-refractivity contribution is 6.07. The Labute approximate surface area is 203 Å². The van der Waals surface area contributed by atoms with Crippen LogP contribution in [0.1, 0.15) is 40.9 Å². The second-order valence-corrected chi connectivity index (χ2v) is 7.85. The molecular formula is C27H26N2O6. The number of carbonyl (C=O) groups excluding carboxylic acids is 2. The highest BCUT2D eigenvalue weighted by atomic mass is 16.5. The smallest absolute Gasteiger partial charge is 0.308 e. The number of hydrogen-bond donors (Lipinski definition) is 0. The molecule has 0 saturated carbocycles. The van der Waals surface area contributed by atoms with Crippen molar-refractivity contribution in [3.8, 4) is 23.0 Å². The number of carbonyl (C=O) groups is 2. The second-order valence-electron chi connectivity index (χ2n) is 7.85. The van der Waals surface area contributed by atoms with Gasteiger partial charge in [-0.3, -0.25) is 9.59 Å². The summed E-state index contributed by atoms with van der Waals surface area (Å²) in [5.74, 6) is 1.28. The van der Waals surface area contributed by atoms with Crippen molar-refractivity contribution in [2.45, 2.75) is 19.4 Å². The summed E-state index contributed by atoms with van der Waals surface area (Å²) in [5.41, 5.74) is 2.55. The van der Waals surface area contributed by atoms with E-state index in [0.717, 1.165) is 5.56 Å². The van der Waals surface area contributed by atoms with Gasteiger partial charge in [-0.25, -0.2) is 5.01 Å². The molecule has 0 spiro atoms. The Morgan fingerprint density at radius 2 is 1.60 bits per heavy atom. The largest absolute Gasteiger partial charge is 0.497 e. The van der Waals surface area contributed by atoms with Crippen LogP contribution >= 0.6 is 0 Å². The van der Waals surface area contributed by atoms with E-state index < -0.39 is 12.0 Å². The lowest BCUT2D eigenvalue weighted by molar-refractivity contribution is -0.131. The van der Waals surface area contributed by atoms with Crippen LogP contribution in [0.15, 0.2) is 71.8 Å². The molecule has 0 unspecified atom stereocenters. The molecule has 0 aliphatic carbocycles. The van der Waals surface area contributed by atoms with Crippen molar-refractivity contribution in [3.63, 3.8) is 0 Å². The quantitative estimate of drug-likeness (QED) is 0.367. The van der Waals surface area contributed by atoms with Gasteiger partial charge in [0.25, 0.3) is 5.91 Å². The summed E-state index contributed by atoms with van der Waals surface area (Å²) in [6, 6.07) is 19.2. The molecule has 1 aliphatic heterocycles. The molecule has 35 heavy (non-hydrogen) atoms. The molecule has 0 saturated heterocycles. The molecule has 0 radical (unpaired) electrons. The van der Waals surface area contributed by atoms with Gasteiger partial charge in [0.05, 0.1) is 33.1 Å². The zero-order valence-electron chi connectivity index (χ0n) is 20.0. The number of ether oxygens (including phenoxy) is 4. The molecule has 8 nitrogen and oxygen atoms in total. The first-order valence-corrected chi connectivity index (χ1v) is 11.0. The molecule has 8 heteroatoms. The van der Waals surface area contributed by atoms with Gasteiger partial charge in [-0.2, -0.15) is 5.10 Å². The molecule has 4 rings (SSSR count). The van der Waals surface area contributed by atoms with Crippen molar-refractivity contribution in [1.29, 1.82) is 0 Å². The number of amides is 1. The van der Waals surface area contributed by atoms with Gasteiger partial charge in [0.1, 0.15) is 11.5 Å². The van der Waals surface area contributed by atoms with E-state index in [1.807, 2.05) is 30.3 Å². The van der Waals surface area contributed by atoms with Crippen LogP contribution in [0.5, 0.6) is 23.0 Å². The summed E-state index contributed by atoms with van der Waals surface area (Å²) in [6.45, 7) is 1.33. The fourth-order valence-electron chi connectivity index (χ4n) is 4.00. The van der Waals surface area contributed by atoms with Gasteiger partial charge in [0, 0.05) is 30.5 Å². The maximum absolute atomic E-state index is 13.5. The minimum atomic E-state index is -0.466. The predicted octanol–water partition coefficient (Wildman–Crippen LogP) is 4.63. The molecule has 3 aromatic carbocycles. The Balaban J connectivity index is 1.79. The summed E-state index contributed by atoms with van der Waals surface area (Å²) in [5, 5.41) is 6.18. The molecule has 3 aromatic rings. The molecule has 1 aliphatic rings. The maximum Gasteiger partial charge on any atom is 0.308 e. The minimum absolute atomic E-state index is 0.247. The number of rotatable bonds is 7. The number of nitrogens with zero attached hydrogens (tertiary/aromatic N) is 2. The van der Waals surface area contributed by atoms with Crippen molar-refractivity contribution in [3.05, 3.63) is 83.4 Å². The Hall–Kier alpha value is -4.33. The van der Waals surface area contributed by atoms with Gasteiger partial charge >= 0.3 is 5.97 Å². The fraction of sp³-hybridized carbons (Fsp3) is 0.222. The Morgan fingerprint density at radius 3 is 2.26 bits per heavy atom. The lowest BCUT2D eigenvalue weighted by atomic mass is 9.97. The van der Waals surface area contributed by atoms with E-state index in [0.29, 0.717) is 46.3 Å².